The molecule has 2 rings (SSSR count). The summed E-state index contributed by atoms with van der Waals surface area (Å²) in [6.45, 7) is 0.429. The molecule has 0 saturated heterocycles. The second kappa shape index (κ2) is 8.76. The molecule has 21 heavy (non-hydrogen) atoms. The van der Waals surface area contributed by atoms with Crippen molar-refractivity contribution in [1.82, 2.24) is 5.32 Å². The Labute approximate surface area is 129 Å². The van der Waals surface area contributed by atoms with Crippen molar-refractivity contribution in [1.29, 1.82) is 0 Å². The van der Waals surface area contributed by atoms with Crippen molar-refractivity contribution in [3.8, 4) is 0 Å². The Hall–Kier alpha value is -2.33. The highest BCUT2D eigenvalue weighted by atomic mass is 35.5. The smallest absolute Gasteiger partial charge is 0.338 e. The summed E-state index contributed by atoms with van der Waals surface area (Å²) in [6, 6.07) is 17.6. The van der Waals surface area contributed by atoms with E-state index < -0.39 is 0 Å². The summed E-state index contributed by atoms with van der Waals surface area (Å²) < 4.78 is 5.06. The Morgan fingerprint density at radius 2 is 1.38 bits per heavy atom. The molecule has 0 spiro atoms. The summed E-state index contributed by atoms with van der Waals surface area (Å²) in [5.74, 6) is -0.569. The van der Waals surface area contributed by atoms with E-state index in [0.717, 1.165) is 0 Å². The van der Waals surface area contributed by atoms with Gasteiger partial charge in [-0.1, -0.05) is 36.4 Å². The quantitative estimate of drug-likeness (QED) is 0.682. The summed E-state index contributed by atoms with van der Waals surface area (Å²) in [5.41, 5.74) is 1.09. The zero-order chi connectivity index (χ0) is 14.2. The molecule has 0 saturated carbocycles. The molecule has 0 aliphatic carbocycles. The Morgan fingerprint density at radius 1 is 0.857 bits per heavy atom. The van der Waals surface area contributed by atoms with E-state index in [1.54, 1.807) is 48.5 Å². The summed E-state index contributed by atoms with van der Waals surface area (Å²) in [4.78, 5) is 23.3. The molecule has 0 aliphatic rings. The van der Waals surface area contributed by atoms with Crippen LogP contribution in [-0.2, 0) is 4.74 Å². The maximum Gasteiger partial charge on any atom is 0.338 e. The summed E-state index contributed by atoms with van der Waals surface area (Å²) in [7, 11) is 0. The van der Waals surface area contributed by atoms with Crippen molar-refractivity contribution in [3.05, 3.63) is 71.8 Å². The highest BCUT2D eigenvalue weighted by Gasteiger charge is 2.06. The van der Waals surface area contributed by atoms with Gasteiger partial charge in [0.05, 0.1) is 12.1 Å². The molecule has 2 aromatic rings. The molecule has 110 valence electrons. The van der Waals surface area contributed by atoms with Gasteiger partial charge in [0.1, 0.15) is 6.61 Å². The molecule has 0 heterocycles. The monoisotopic (exact) mass is 305 g/mol. The third-order valence-corrected chi connectivity index (χ3v) is 2.67. The predicted molar refractivity (Wildman–Crippen MR) is 82.7 cm³/mol. The van der Waals surface area contributed by atoms with Crippen LogP contribution in [0.1, 0.15) is 20.7 Å². The van der Waals surface area contributed by atoms with Gasteiger partial charge in [0, 0.05) is 5.56 Å². The average molecular weight is 306 g/mol. The normalized spacial score (nSPS) is 9.33. The van der Waals surface area contributed by atoms with Gasteiger partial charge in [-0.05, 0) is 24.3 Å². The first kappa shape index (κ1) is 16.7. The van der Waals surface area contributed by atoms with Gasteiger partial charge >= 0.3 is 5.97 Å². The van der Waals surface area contributed by atoms with E-state index in [4.69, 9.17) is 4.74 Å². The molecular weight excluding hydrogens is 290 g/mol. The number of rotatable bonds is 5. The first-order valence-electron chi connectivity index (χ1n) is 6.33. The van der Waals surface area contributed by atoms with Crippen LogP contribution in [0.2, 0.25) is 0 Å². The van der Waals surface area contributed by atoms with Crippen LogP contribution in [0.25, 0.3) is 0 Å². The van der Waals surface area contributed by atoms with Gasteiger partial charge in [-0.3, -0.25) is 4.79 Å². The van der Waals surface area contributed by atoms with Crippen LogP contribution in [0.15, 0.2) is 60.7 Å². The summed E-state index contributed by atoms with van der Waals surface area (Å²) in [5, 5.41) is 2.69. The molecule has 1 amide bonds. The number of amides is 1. The van der Waals surface area contributed by atoms with Crippen molar-refractivity contribution >= 4 is 24.3 Å². The zero-order valence-corrected chi connectivity index (χ0v) is 12.1. The number of hydrogen-bond acceptors (Lipinski definition) is 3. The van der Waals surface area contributed by atoms with Gasteiger partial charge in [0.2, 0.25) is 0 Å². The fourth-order valence-corrected chi connectivity index (χ4v) is 1.66. The lowest BCUT2D eigenvalue weighted by Crippen LogP contribution is -2.28. The molecule has 0 atom stereocenters. The standard InChI is InChI=1S/C16H15NO3.ClH/c18-15(13-7-3-1-4-8-13)17-11-12-20-16(19)14-9-5-2-6-10-14;/h1-10H,11-12H2,(H,17,18);1H. The number of benzene rings is 2. The molecular formula is C16H16ClNO3. The molecule has 0 bridgehead atoms. The Bertz CT molecular complexity index is 519. The number of esters is 1. The van der Waals surface area contributed by atoms with Gasteiger partial charge in [-0.2, -0.15) is 0 Å². The van der Waals surface area contributed by atoms with E-state index in [1.165, 1.54) is 0 Å². The lowest BCUT2D eigenvalue weighted by molar-refractivity contribution is 0.0503. The first-order valence-corrected chi connectivity index (χ1v) is 6.33. The van der Waals surface area contributed by atoms with Crippen LogP contribution in [-0.4, -0.2) is 25.0 Å². The lowest BCUT2D eigenvalue weighted by atomic mass is 10.2. The van der Waals surface area contributed by atoms with Crippen molar-refractivity contribution < 1.29 is 14.3 Å². The topological polar surface area (TPSA) is 55.4 Å². The van der Waals surface area contributed by atoms with Gasteiger partial charge in [0.25, 0.3) is 5.91 Å². The molecule has 5 heteroatoms. The summed E-state index contributed by atoms with van der Waals surface area (Å²) >= 11 is 0. The van der Waals surface area contributed by atoms with Gasteiger partial charge in [-0.15, -0.1) is 12.4 Å². The molecule has 2 aromatic carbocycles. The molecule has 0 unspecified atom stereocenters. The highest BCUT2D eigenvalue weighted by Crippen LogP contribution is 2.01. The molecule has 0 aliphatic heterocycles. The molecule has 0 radical (unpaired) electrons. The van der Waals surface area contributed by atoms with E-state index in [9.17, 15) is 9.59 Å². The number of ether oxygens (including phenoxy) is 1. The van der Waals surface area contributed by atoms with E-state index in [1.807, 2.05) is 12.1 Å². The number of hydrogen-bond donors (Lipinski definition) is 1. The largest absolute Gasteiger partial charge is 0.460 e. The molecule has 1 N–H and O–H groups in total. The van der Waals surface area contributed by atoms with E-state index in [0.29, 0.717) is 11.1 Å². The van der Waals surface area contributed by atoms with Crippen LogP contribution in [0.4, 0.5) is 0 Å². The Balaban J connectivity index is 0.00000220. The minimum absolute atomic E-state index is 0. The van der Waals surface area contributed by atoms with Crippen molar-refractivity contribution in [2.45, 2.75) is 0 Å². The number of nitrogens with one attached hydrogen (secondary N) is 1. The number of carbonyl (C=O) groups is 2. The zero-order valence-electron chi connectivity index (χ0n) is 11.3. The third-order valence-electron chi connectivity index (χ3n) is 2.67. The van der Waals surface area contributed by atoms with Crippen LogP contribution in [0.5, 0.6) is 0 Å². The fraction of sp³-hybridized carbons (Fsp3) is 0.125. The maximum absolute atomic E-state index is 11.7. The van der Waals surface area contributed by atoms with E-state index in [-0.39, 0.29) is 37.4 Å². The van der Waals surface area contributed by atoms with Crippen molar-refractivity contribution in [2.75, 3.05) is 13.2 Å². The second-order valence-corrected chi connectivity index (χ2v) is 4.12. The average Bonchev–Trinajstić information content (AvgIpc) is 2.53. The molecule has 0 aromatic heterocycles. The van der Waals surface area contributed by atoms with Gasteiger partial charge in [-0.25, -0.2) is 4.79 Å². The van der Waals surface area contributed by atoms with Crippen molar-refractivity contribution in [2.24, 2.45) is 0 Å². The Morgan fingerprint density at radius 3 is 1.95 bits per heavy atom. The molecule has 4 nitrogen and oxygen atoms in total. The maximum atomic E-state index is 11.7. The SMILES string of the molecule is Cl.O=C(NCCOC(=O)c1ccccc1)c1ccccc1. The summed E-state index contributed by atoms with van der Waals surface area (Å²) in [6.07, 6.45) is 0. The first-order chi connectivity index (χ1) is 9.77. The number of halogens is 1. The van der Waals surface area contributed by atoms with Crippen LogP contribution in [0.3, 0.4) is 0 Å². The lowest BCUT2D eigenvalue weighted by Gasteiger charge is -2.06. The van der Waals surface area contributed by atoms with Crippen LogP contribution >= 0.6 is 12.4 Å². The van der Waals surface area contributed by atoms with Gasteiger partial charge < -0.3 is 10.1 Å². The highest BCUT2D eigenvalue weighted by molar-refractivity contribution is 5.94. The minimum Gasteiger partial charge on any atom is -0.460 e. The predicted octanol–water partition coefficient (Wildman–Crippen LogP) is 2.70. The van der Waals surface area contributed by atoms with E-state index in [2.05, 4.69) is 5.32 Å². The molecule has 0 fully saturated rings. The van der Waals surface area contributed by atoms with E-state index >= 15 is 0 Å². The van der Waals surface area contributed by atoms with Gasteiger partial charge in [0.15, 0.2) is 0 Å². The van der Waals surface area contributed by atoms with Crippen LogP contribution in [0, 0.1) is 0 Å². The Kier molecular flexibility index (Phi) is 6.98. The third kappa shape index (κ3) is 5.28. The minimum atomic E-state index is -0.389. The van der Waals surface area contributed by atoms with Crippen molar-refractivity contribution in [3.63, 3.8) is 0 Å². The number of carbonyl (C=O) groups excluding carboxylic acids is 2. The second-order valence-electron chi connectivity index (χ2n) is 4.12. The fourth-order valence-electron chi connectivity index (χ4n) is 1.66. The van der Waals surface area contributed by atoms with Crippen LogP contribution < -0.4 is 5.32 Å².